The van der Waals surface area contributed by atoms with Crippen LogP contribution in [-0.2, 0) is 6.18 Å². The first-order chi connectivity index (χ1) is 14.5. The van der Waals surface area contributed by atoms with Crippen molar-refractivity contribution in [2.45, 2.75) is 24.9 Å². The van der Waals surface area contributed by atoms with Crippen molar-refractivity contribution in [2.24, 2.45) is 0 Å². The van der Waals surface area contributed by atoms with Crippen LogP contribution in [0.4, 0.5) is 19.0 Å². The van der Waals surface area contributed by atoms with Crippen molar-refractivity contribution in [1.82, 2.24) is 24.9 Å². The Morgan fingerprint density at radius 1 is 1.03 bits per heavy atom. The molecule has 9 heteroatoms. The van der Waals surface area contributed by atoms with E-state index in [-0.39, 0.29) is 5.92 Å². The number of hydrogen-bond donors (Lipinski definition) is 2. The predicted octanol–water partition coefficient (Wildman–Crippen LogP) is 4.75. The lowest BCUT2D eigenvalue weighted by molar-refractivity contribution is -0.137. The van der Waals surface area contributed by atoms with Gasteiger partial charge in [-0.2, -0.15) is 13.2 Å². The van der Waals surface area contributed by atoms with Gasteiger partial charge in [0.05, 0.1) is 22.8 Å². The molecule has 0 bridgehead atoms. The minimum absolute atomic E-state index is 0.226. The van der Waals surface area contributed by atoms with Crippen molar-refractivity contribution in [1.29, 1.82) is 0 Å². The molecule has 4 aromatic rings. The Morgan fingerprint density at radius 3 is 2.67 bits per heavy atom. The molecule has 1 aliphatic heterocycles. The number of nitrogens with one attached hydrogen (secondary N) is 2. The second kappa shape index (κ2) is 7.16. The lowest BCUT2D eigenvalue weighted by Gasteiger charge is -2.32. The van der Waals surface area contributed by atoms with E-state index in [1.54, 1.807) is 18.6 Å². The topological polar surface area (TPSA) is 73.5 Å². The van der Waals surface area contributed by atoms with Gasteiger partial charge in [0.1, 0.15) is 23.6 Å². The maximum absolute atomic E-state index is 13.0. The van der Waals surface area contributed by atoms with Crippen LogP contribution in [0.25, 0.3) is 22.3 Å². The second-order valence-corrected chi connectivity index (χ2v) is 7.46. The van der Waals surface area contributed by atoms with Crippen LogP contribution in [0.15, 0.2) is 49.1 Å². The summed E-state index contributed by atoms with van der Waals surface area (Å²) in [5, 5.41) is 1.00. The number of aromatic amines is 2. The van der Waals surface area contributed by atoms with Crippen molar-refractivity contribution in [3.8, 4) is 11.3 Å². The molecule has 5 rings (SSSR count). The first-order valence-electron chi connectivity index (χ1n) is 9.74. The summed E-state index contributed by atoms with van der Waals surface area (Å²) < 4.78 is 39.0. The monoisotopic (exact) mass is 412 g/mol. The van der Waals surface area contributed by atoms with E-state index in [4.69, 9.17) is 0 Å². The molecule has 154 valence electrons. The number of imidazole rings is 1. The number of nitrogens with zero attached hydrogens (tertiary/aromatic N) is 4. The highest BCUT2D eigenvalue weighted by Crippen LogP contribution is 2.34. The number of aromatic nitrogens is 5. The van der Waals surface area contributed by atoms with Crippen LogP contribution in [0.3, 0.4) is 0 Å². The summed E-state index contributed by atoms with van der Waals surface area (Å²) in [6.45, 7) is 1.64. The molecule has 1 aliphatic rings. The van der Waals surface area contributed by atoms with Crippen molar-refractivity contribution < 1.29 is 13.2 Å². The van der Waals surface area contributed by atoms with Crippen LogP contribution >= 0.6 is 0 Å². The molecule has 0 aliphatic carbocycles. The molecule has 4 heterocycles. The largest absolute Gasteiger partial charge is 0.416 e. The fourth-order valence-electron chi connectivity index (χ4n) is 4.03. The number of alkyl halides is 3. The second-order valence-electron chi connectivity index (χ2n) is 7.46. The molecular weight excluding hydrogens is 393 g/mol. The highest BCUT2D eigenvalue weighted by Gasteiger charge is 2.31. The number of hydrogen-bond acceptors (Lipinski definition) is 4. The summed E-state index contributed by atoms with van der Waals surface area (Å²) in [5.41, 5.74) is 1.24. The molecule has 0 atom stereocenters. The van der Waals surface area contributed by atoms with Crippen LogP contribution in [-0.4, -0.2) is 38.0 Å². The van der Waals surface area contributed by atoms with E-state index in [2.05, 4.69) is 29.8 Å². The molecule has 0 radical (unpaired) electrons. The SMILES string of the molecule is FC(F)(F)c1cccc(-c2cnc(C3CCN(c4ncnc5[nH]ccc45)CC3)[nH]2)c1. The number of rotatable bonds is 3. The molecule has 30 heavy (non-hydrogen) atoms. The Balaban J connectivity index is 1.31. The molecule has 1 aromatic carbocycles. The fraction of sp³-hybridized carbons (Fsp3) is 0.286. The Kier molecular flexibility index (Phi) is 4.45. The van der Waals surface area contributed by atoms with Crippen molar-refractivity contribution in [3.63, 3.8) is 0 Å². The minimum atomic E-state index is -4.36. The predicted molar refractivity (Wildman–Crippen MR) is 107 cm³/mol. The molecule has 0 amide bonds. The van der Waals surface area contributed by atoms with Gasteiger partial charge in [-0.1, -0.05) is 12.1 Å². The first-order valence-corrected chi connectivity index (χ1v) is 9.74. The molecular formula is C21H19F3N6. The lowest BCUT2D eigenvalue weighted by Crippen LogP contribution is -2.33. The van der Waals surface area contributed by atoms with Crippen LogP contribution in [0.2, 0.25) is 0 Å². The molecule has 0 saturated carbocycles. The third kappa shape index (κ3) is 3.40. The van der Waals surface area contributed by atoms with E-state index < -0.39 is 11.7 Å². The summed E-state index contributed by atoms with van der Waals surface area (Å²) >= 11 is 0. The maximum atomic E-state index is 13.0. The van der Waals surface area contributed by atoms with Gasteiger partial charge < -0.3 is 14.9 Å². The number of anilines is 1. The maximum Gasteiger partial charge on any atom is 0.416 e. The van der Waals surface area contributed by atoms with Gasteiger partial charge in [-0.15, -0.1) is 0 Å². The number of H-pyrrole nitrogens is 2. The van der Waals surface area contributed by atoms with Gasteiger partial charge in [-0.05, 0) is 31.0 Å². The average molecular weight is 412 g/mol. The van der Waals surface area contributed by atoms with Gasteiger partial charge >= 0.3 is 6.18 Å². The van der Waals surface area contributed by atoms with Crippen molar-refractivity contribution >= 4 is 16.9 Å². The molecule has 2 N–H and O–H groups in total. The zero-order valence-corrected chi connectivity index (χ0v) is 15.9. The van der Waals surface area contributed by atoms with Gasteiger partial charge in [0.2, 0.25) is 0 Å². The molecule has 0 unspecified atom stereocenters. The van der Waals surface area contributed by atoms with Crippen molar-refractivity contribution in [3.05, 3.63) is 60.4 Å². The first kappa shape index (κ1) is 18.7. The van der Waals surface area contributed by atoms with E-state index in [9.17, 15) is 13.2 Å². The smallest absolute Gasteiger partial charge is 0.356 e. The fourth-order valence-corrected chi connectivity index (χ4v) is 4.03. The minimum Gasteiger partial charge on any atom is -0.356 e. The highest BCUT2D eigenvalue weighted by molar-refractivity contribution is 5.87. The van der Waals surface area contributed by atoms with Crippen LogP contribution < -0.4 is 4.90 Å². The normalized spacial score (nSPS) is 15.8. The van der Waals surface area contributed by atoms with Crippen LogP contribution in [0.5, 0.6) is 0 Å². The highest BCUT2D eigenvalue weighted by atomic mass is 19.4. The average Bonchev–Trinajstić information content (AvgIpc) is 3.43. The Morgan fingerprint density at radius 2 is 1.87 bits per heavy atom. The molecule has 3 aromatic heterocycles. The summed E-state index contributed by atoms with van der Waals surface area (Å²) in [5.74, 6) is 1.96. The Bertz CT molecular complexity index is 1170. The van der Waals surface area contributed by atoms with E-state index in [1.165, 1.54) is 6.07 Å². The summed E-state index contributed by atoms with van der Waals surface area (Å²) in [6.07, 6.45) is 2.43. The van der Waals surface area contributed by atoms with Gasteiger partial charge in [-0.25, -0.2) is 15.0 Å². The van der Waals surface area contributed by atoms with E-state index in [0.717, 1.165) is 60.7 Å². The lowest BCUT2D eigenvalue weighted by atomic mass is 9.96. The quantitative estimate of drug-likeness (QED) is 0.509. The number of benzene rings is 1. The molecule has 1 saturated heterocycles. The van der Waals surface area contributed by atoms with E-state index in [0.29, 0.717) is 11.3 Å². The standard InChI is InChI=1S/C21H19F3N6/c22-21(23,24)15-3-1-2-14(10-15)17-11-26-18(29-17)13-5-8-30(9-6-13)20-16-4-7-25-19(16)27-12-28-20/h1-4,7,10-13H,5-6,8-9H2,(H,26,29)(H,25,27,28). The summed E-state index contributed by atoms with van der Waals surface area (Å²) in [6, 6.07) is 7.28. The van der Waals surface area contributed by atoms with Crippen LogP contribution in [0, 0.1) is 0 Å². The molecule has 1 fully saturated rings. The zero-order chi connectivity index (χ0) is 20.7. The summed E-state index contributed by atoms with van der Waals surface area (Å²) in [4.78, 5) is 21.7. The van der Waals surface area contributed by atoms with Crippen LogP contribution in [0.1, 0.15) is 30.1 Å². The third-order valence-electron chi connectivity index (χ3n) is 5.61. The Hall–Kier alpha value is -3.36. The molecule has 0 spiro atoms. The van der Waals surface area contributed by atoms with Gasteiger partial charge in [0, 0.05) is 30.8 Å². The van der Waals surface area contributed by atoms with Crippen molar-refractivity contribution in [2.75, 3.05) is 18.0 Å². The molecule has 6 nitrogen and oxygen atoms in total. The number of fused-ring (bicyclic) bond motifs is 1. The van der Waals surface area contributed by atoms with Gasteiger partial charge in [0.15, 0.2) is 0 Å². The third-order valence-corrected chi connectivity index (χ3v) is 5.61. The van der Waals surface area contributed by atoms with E-state index >= 15 is 0 Å². The summed E-state index contributed by atoms with van der Waals surface area (Å²) in [7, 11) is 0. The number of piperidine rings is 1. The number of halogens is 3. The van der Waals surface area contributed by atoms with Gasteiger partial charge in [0.25, 0.3) is 0 Å². The Labute approximate surface area is 170 Å². The van der Waals surface area contributed by atoms with Gasteiger partial charge in [-0.3, -0.25) is 0 Å². The van der Waals surface area contributed by atoms with E-state index in [1.807, 2.05) is 12.3 Å². The zero-order valence-electron chi connectivity index (χ0n) is 15.9.